The number of piperidine rings is 2. The average molecular weight is 329 g/mol. The maximum atomic E-state index is 12.2. The van der Waals surface area contributed by atoms with E-state index in [2.05, 4.69) is 46.7 Å². The third-order valence-electron chi connectivity index (χ3n) is 5.26. The van der Waals surface area contributed by atoms with Crippen molar-refractivity contribution in [1.82, 2.24) is 15.5 Å². The van der Waals surface area contributed by atoms with E-state index in [1.807, 2.05) is 0 Å². The van der Waals surface area contributed by atoms with Crippen molar-refractivity contribution in [3.63, 3.8) is 0 Å². The van der Waals surface area contributed by atoms with E-state index in [0.29, 0.717) is 6.54 Å². The summed E-state index contributed by atoms with van der Waals surface area (Å²) in [5, 5.41) is 6.36. The highest BCUT2D eigenvalue weighted by Crippen LogP contribution is 2.18. The zero-order valence-electron chi connectivity index (χ0n) is 14.9. The van der Waals surface area contributed by atoms with Crippen LogP contribution in [0.2, 0.25) is 0 Å². The highest BCUT2D eigenvalue weighted by atomic mass is 16.2. The van der Waals surface area contributed by atoms with Crippen molar-refractivity contribution in [2.45, 2.75) is 58.2 Å². The number of nitrogens with one attached hydrogen (secondary N) is 2. The molecule has 3 rings (SSSR count). The predicted molar refractivity (Wildman–Crippen MR) is 97.6 cm³/mol. The number of carbonyl (C=O) groups excluding carboxylic acids is 1. The van der Waals surface area contributed by atoms with E-state index in [4.69, 9.17) is 0 Å². The zero-order valence-corrected chi connectivity index (χ0v) is 14.9. The topological polar surface area (TPSA) is 44.4 Å². The van der Waals surface area contributed by atoms with Gasteiger partial charge in [0, 0.05) is 19.6 Å². The molecular formula is C20H31N3O. The van der Waals surface area contributed by atoms with Crippen molar-refractivity contribution < 1.29 is 4.79 Å². The van der Waals surface area contributed by atoms with E-state index >= 15 is 0 Å². The number of likely N-dealkylation sites (tertiary alicyclic amines) is 1. The lowest BCUT2D eigenvalue weighted by molar-refractivity contribution is -0.123. The molecule has 4 heteroatoms. The van der Waals surface area contributed by atoms with Crippen molar-refractivity contribution in [2.75, 3.05) is 19.6 Å². The van der Waals surface area contributed by atoms with Crippen molar-refractivity contribution in [3.05, 3.63) is 35.4 Å². The number of hydrogen-bond acceptors (Lipinski definition) is 3. The first kappa shape index (κ1) is 17.4. The summed E-state index contributed by atoms with van der Waals surface area (Å²) in [6, 6.07) is 8.72. The van der Waals surface area contributed by atoms with Crippen molar-refractivity contribution in [1.29, 1.82) is 0 Å². The average Bonchev–Trinajstić information content (AvgIpc) is 2.62. The molecule has 2 saturated heterocycles. The smallest absolute Gasteiger partial charge is 0.237 e. The van der Waals surface area contributed by atoms with Gasteiger partial charge in [0.2, 0.25) is 5.91 Å². The lowest BCUT2D eigenvalue weighted by Gasteiger charge is -2.30. The van der Waals surface area contributed by atoms with Gasteiger partial charge in [-0.1, -0.05) is 37.6 Å². The lowest BCUT2D eigenvalue weighted by Crippen LogP contribution is -2.46. The molecule has 2 unspecified atom stereocenters. The number of nitrogens with zero attached hydrogens (tertiary/aromatic N) is 1. The Bertz CT molecular complexity index is 522. The summed E-state index contributed by atoms with van der Waals surface area (Å²) in [6.45, 7) is 7.41. The highest BCUT2D eigenvalue weighted by molar-refractivity contribution is 5.81. The highest BCUT2D eigenvalue weighted by Gasteiger charge is 2.20. The molecule has 4 nitrogen and oxygen atoms in total. The van der Waals surface area contributed by atoms with Crippen LogP contribution in [0.25, 0.3) is 0 Å². The Morgan fingerprint density at radius 2 is 1.96 bits per heavy atom. The van der Waals surface area contributed by atoms with Gasteiger partial charge in [0.25, 0.3) is 0 Å². The van der Waals surface area contributed by atoms with Crippen molar-refractivity contribution in [2.24, 2.45) is 5.92 Å². The molecule has 0 saturated carbocycles. The maximum Gasteiger partial charge on any atom is 0.237 e. The van der Waals surface area contributed by atoms with Crippen LogP contribution in [0.4, 0.5) is 0 Å². The summed E-state index contributed by atoms with van der Waals surface area (Å²) in [6.07, 6.45) is 5.97. The van der Waals surface area contributed by atoms with Gasteiger partial charge in [-0.05, 0) is 55.8 Å². The third kappa shape index (κ3) is 5.05. The van der Waals surface area contributed by atoms with Crippen LogP contribution in [-0.4, -0.2) is 36.5 Å². The fraction of sp³-hybridized carbons (Fsp3) is 0.650. The largest absolute Gasteiger partial charge is 0.351 e. The van der Waals surface area contributed by atoms with Crippen LogP contribution in [0.15, 0.2) is 24.3 Å². The molecule has 0 radical (unpaired) electrons. The molecule has 1 aromatic carbocycles. The van der Waals surface area contributed by atoms with Crippen LogP contribution in [0.3, 0.4) is 0 Å². The molecule has 0 aliphatic carbocycles. The van der Waals surface area contributed by atoms with Gasteiger partial charge in [-0.15, -0.1) is 0 Å². The minimum absolute atomic E-state index is 0.000820. The van der Waals surface area contributed by atoms with Crippen LogP contribution in [-0.2, 0) is 17.9 Å². The number of hydrogen-bond donors (Lipinski definition) is 2. The summed E-state index contributed by atoms with van der Waals surface area (Å²) >= 11 is 0. The van der Waals surface area contributed by atoms with Gasteiger partial charge in [0.15, 0.2) is 0 Å². The first-order valence-corrected chi connectivity index (χ1v) is 9.52. The normalized spacial score (nSPS) is 25.4. The van der Waals surface area contributed by atoms with Crippen LogP contribution in [0.1, 0.15) is 50.2 Å². The fourth-order valence-electron chi connectivity index (χ4n) is 3.84. The quantitative estimate of drug-likeness (QED) is 0.873. The molecule has 0 bridgehead atoms. The Labute approximate surface area is 146 Å². The lowest BCUT2D eigenvalue weighted by atomic mass is 9.99. The van der Waals surface area contributed by atoms with Gasteiger partial charge in [-0.25, -0.2) is 0 Å². The summed E-state index contributed by atoms with van der Waals surface area (Å²) in [4.78, 5) is 14.7. The van der Waals surface area contributed by atoms with E-state index in [1.165, 1.54) is 43.5 Å². The summed E-state index contributed by atoms with van der Waals surface area (Å²) < 4.78 is 0. The van der Waals surface area contributed by atoms with Crippen LogP contribution in [0, 0.1) is 5.92 Å². The van der Waals surface area contributed by atoms with Gasteiger partial charge in [0.1, 0.15) is 0 Å². The van der Waals surface area contributed by atoms with E-state index in [9.17, 15) is 4.79 Å². The third-order valence-corrected chi connectivity index (χ3v) is 5.26. The second kappa shape index (κ2) is 8.63. The molecule has 0 aromatic heterocycles. The van der Waals surface area contributed by atoms with Gasteiger partial charge < -0.3 is 10.6 Å². The Morgan fingerprint density at radius 1 is 1.17 bits per heavy atom. The van der Waals surface area contributed by atoms with Gasteiger partial charge in [-0.3, -0.25) is 9.69 Å². The molecule has 132 valence electrons. The molecule has 2 fully saturated rings. The molecule has 2 aliphatic heterocycles. The fourth-order valence-corrected chi connectivity index (χ4v) is 3.84. The molecule has 0 spiro atoms. The Morgan fingerprint density at radius 3 is 2.67 bits per heavy atom. The molecule has 2 heterocycles. The number of rotatable bonds is 5. The Kier molecular flexibility index (Phi) is 6.27. The maximum absolute atomic E-state index is 12.2. The summed E-state index contributed by atoms with van der Waals surface area (Å²) in [5.41, 5.74) is 2.54. The van der Waals surface area contributed by atoms with Crippen LogP contribution < -0.4 is 10.6 Å². The van der Waals surface area contributed by atoms with Gasteiger partial charge in [0.05, 0.1) is 6.04 Å². The second-order valence-corrected chi connectivity index (χ2v) is 7.52. The molecular weight excluding hydrogens is 298 g/mol. The molecule has 2 aliphatic rings. The standard InChI is InChI=1S/C20H31N3O/c1-16-5-4-12-23(14-16)15-18-9-7-17(8-10-18)13-22-20(24)19-6-2-3-11-21-19/h7-10,16,19,21H,2-6,11-15H2,1H3,(H,22,24). The van der Waals surface area contributed by atoms with E-state index < -0.39 is 0 Å². The minimum atomic E-state index is -0.000820. The first-order chi connectivity index (χ1) is 11.7. The van der Waals surface area contributed by atoms with Crippen LogP contribution in [0.5, 0.6) is 0 Å². The SMILES string of the molecule is CC1CCCN(Cc2ccc(CNC(=O)C3CCCCN3)cc2)C1. The summed E-state index contributed by atoms with van der Waals surface area (Å²) in [7, 11) is 0. The Balaban J connectivity index is 1.44. The predicted octanol–water partition coefficient (Wildman–Crippen LogP) is 2.68. The molecule has 24 heavy (non-hydrogen) atoms. The number of benzene rings is 1. The number of amides is 1. The number of carbonyl (C=O) groups is 1. The first-order valence-electron chi connectivity index (χ1n) is 9.52. The van der Waals surface area contributed by atoms with E-state index in [-0.39, 0.29) is 11.9 Å². The van der Waals surface area contributed by atoms with Gasteiger partial charge >= 0.3 is 0 Å². The molecule has 2 N–H and O–H groups in total. The second-order valence-electron chi connectivity index (χ2n) is 7.52. The van der Waals surface area contributed by atoms with Crippen LogP contribution >= 0.6 is 0 Å². The van der Waals surface area contributed by atoms with E-state index in [1.54, 1.807) is 0 Å². The minimum Gasteiger partial charge on any atom is -0.351 e. The van der Waals surface area contributed by atoms with E-state index in [0.717, 1.165) is 31.8 Å². The molecule has 1 amide bonds. The molecule has 2 atom stereocenters. The monoisotopic (exact) mass is 329 g/mol. The van der Waals surface area contributed by atoms with Gasteiger partial charge in [-0.2, -0.15) is 0 Å². The Hall–Kier alpha value is -1.39. The van der Waals surface area contributed by atoms with Crippen molar-refractivity contribution in [3.8, 4) is 0 Å². The zero-order chi connectivity index (χ0) is 16.8. The summed E-state index contributed by atoms with van der Waals surface area (Å²) in [5.74, 6) is 0.961. The van der Waals surface area contributed by atoms with Crippen molar-refractivity contribution >= 4 is 5.91 Å². The molecule has 1 aromatic rings.